The fraction of sp³-hybridized carbons (Fsp3) is 0.0370. The van der Waals surface area contributed by atoms with Crippen LogP contribution in [-0.2, 0) is 16.2 Å². The van der Waals surface area contributed by atoms with E-state index >= 15 is 0 Å². The van der Waals surface area contributed by atoms with Crippen molar-refractivity contribution in [3.63, 3.8) is 0 Å². The first-order valence-electron chi connectivity index (χ1n) is 29.1. The van der Waals surface area contributed by atoms with E-state index in [1.54, 1.807) is 0 Å². The van der Waals surface area contributed by atoms with Gasteiger partial charge < -0.3 is 9.80 Å². The molecule has 0 N–H and O–H groups in total. The van der Waals surface area contributed by atoms with Gasteiger partial charge in [0, 0.05) is 22.7 Å². The molecular weight excluding hydrogens is 1000 g/mol. The molecule has 1 aliphatic heterocycles. The Hall–Kier alpha value is -10.5. The maximum atomic E-state index is 2.58. The third kappa shape index (κ3) is 5.91. The van der Waals surface area contributed by atoms with Crippen molar-refractivity contribution in [2.45, 2.75) is 16.2 Å². The Kier molecular flexibility index (Phi) is 9.60. The van der Waals surface area contributed by atoms with Crippen molar-refractivity contribution in [3.8, 4) is 44.5 Å². The number of rotatable bonds is 6. The number of hydrogen-bond acceptors (Lipinski definition) is 2. The number of anilines is 6. The maximum Gasteiger partial charge on any atom is 0.0755 e. The fourth-order valence-electron chi connectivity index (χ4n) is 16.3. The molecule has 2 spiro atoms. The third-order valence-corrected chi connectivity index (χ3v) is 19.3. The average molecular weight is 1050 g/mol. The number of benzene rings is 13. The highest BCUT2D eigenvalue weighted by molar-refractivity contribution is 6.00. The maximum absolute atomic E-state index is 2.58. The van der Waals surface area contributed by atoms with Crippen LogP contribution in [0.1, 0.15) is 66.8 Å². The monoisotopic (exact) mass is 1050 g/mol. The Morgan fingerprint density at radius 2 is 0.470 bits per heavy atom. The minimum atomic E-state index is -0.650. The van der Waals surface area contributed by atoms with Crippen molar-refractivity contribution in [3.05, 3.63) is 382 Å². The standard InChI is InChI=1S/C81H52N2/c1-4-24-53(25-5-1)79(54-26-6-2-7-27-54)67-35-15-10-32-61(67)64-47-44-56(50-74(64)79)82(57-45-48-65-62-33-13-18-38-70(62)80(75(65)51-57)68-36-16-11-30-59(68)60-31-12-17-37-69(60)80)58-46-49-66-63-34-14-19-39-71(63)81(76(66)52-58)72-40-20-22-42-77(72)83(55-28-8-3-9-29-55)78-43-23-21-41-73(78)81/h1-52H. The number of fused-ring (bicyclic) bond motifs is 22. The van der Waals surface area contributed by atoms with Gasteiger partial charge in [-0.1, -0.05) is 255 Å². The Balaban J connectivity index is 0.936. The molecule has 0 unspecified atom stereocenters. The largest absolute Gasteiger partial charge is 0.310 e. The molecule has 0 radical (unpaired) electrons. The second-order valence-corrected chi connectivity index (χ2v) is 22.9. The second kappa shape index (κ2) is 17.2. The van der Waals surface area contributed by atoms with Crippen LogP contribution in [0.2, 0.25) is 0 Å². The first-order valence-corrected chi connectivity index (χ1v) is 29.1. The molecule has 0 atom stereocenters. The number of hydrogen-bond donors (Lipinski definition) is 0. The molecule has 0 saturated carbocycles. The van der Waals surface area contributed by atoms with E-state index in [0.29, 0.717) is 0 Å². The minimum Gasteiger partial charge on any atom is -0.310 e. The average Bonchev–Trinajstić information content (AvgIpc) is 1.77. The first kappa shape index (κ1) is 46.2. The van der Waals surface area contributed by atoms with E-state index in [0.717, 1.165) is 22.7 Å². The van der Waals surface area contributed by atoms with Crippen LogP contribution in [-0.4, -0.2) is 0 Å². The van der Waals surface area contributed by atoms with Crippen LogP contribution in [0.5, 0.6) is 0 Å². The van der Waals surface area contributed by atoms with Crippen LogP contribution in [0.25, 0.3) is 44.5 Å². The van der Waals surface area contributed by atoms with Crippen LogP contribution in [0.3, 0.4) is 0 Å². The van der Waals surface area contributed by atoms with Gasteiger partial charge >= 0.3 is 0 Å². The quantitative estimate of drug-likeness (QED) is 0.164. The highest BCUT2D eigenvalue weighted by Gasteiger charge is 2.54. The molecule has 2 heteroatoms. The molecule has 13 aromatic carbocycles. The van der Waals surface area contributed by atoms with Gasteiger partial charge in [0.1, 0.15) is 0 Å². The smallest absolute Gasteiger partial charge is 0.0755 e. The molecule has 2 nitrogen and oxygen atoms in total. The van der Waals surface area contributed by atoms with Gasteiger partial charge in [-0.05, 0) is 172 Å². The first-order chi connectivity index (χ1) is 41.2. The van der Waals surface area contributed by atoms with Crippen LogP contribution in [0, 0.1) is 0 Å². The summed E-state index contributed by atoms with van der Waals surface area (Å²) >= 11 is 0. The van der Waals surface area contributed by atoms with Crippen molar-refractivity contribution in [2.24, 2.45) is 0 Å². The molecule has 0 saturated heterocycles. The highest BCUT2D eigenvalue weighted by Crippen LogP contribution is 2.66. The van der Waals surface area contributed by atoms with Crippen molar-refractivity contribution >= 4 is 34.1 Å². The van der Waals surface area contributed by atoms with Gasteiger partial charge in [-0.3, -0.25) is 0 Å². The van der Waals surface area contributed by atoms with Crippen molar-refractivity contribution < 1.29 is 0 Å². The summed E-state index contributed by atoms with van der Waals surface area (Å²) in [4.78, 5) is 5.06. The number of nitrogens with zero attached hydrogens (tertiary/aromatic N) is 2. The molecular formula is C81H52N2. The van der Waals surface area contributed by atoms with Gasteiger partial charge in [0.15, 0.2) is 0 Å². The van der Waals surface area contributed by atoms with Gasteiger partial charge in [0.05, 0.1) is 27.6 Å². The molecule has 18 rings (SSSR count). The van der Waals surface area contributed by atoms with E-state index in [-0.39, 0.29) is 0 Å². The normalized spacial score (nSPS) is 14.8. The summed E-state index contributed by atoms with van der Waals surface area (Å²) in [7, 11) is 0. The van der Waals surface area contributed by atoms with Gasteiger partial charge in [0.25, 0.3) is 0 Å². The lowest BCUT2D eigenvalue weighted by molar-refractivity contribution is 0.752. The predicted octanol–water partition coefficient (Wildman–Crippen LogP) is 20.0. The summed E-state index contributed by atoms with van der Waals surface area (Å²) in [6.45, 7) is 0. The summed E-state index contributed by atoms with van der Waals surface area (Å²) in [6, 6.07) is 119. The van der Waals surface area contributed by atoms with Crippen molar-refractivity contribution in [1.29, 1.82) is 0 Å². The Labute approximate surface area is 484 Å². The van der Waals surface area contributed by atoms with Gasteiger partial charge in [-0.2, -0.15) is 0 Å². The topological polar surface area (TPSA) is 6.48 Å². The molecule has 0 amide bonds. The lowest BCUT2D eigenvalue weighted by atomic mass is 9.64. The molecule has 1 heterocycles. The van der Waals surface area contributed by atoms with E-state index in [4.69, 9.17) is 0 Å². The summed E-state index contributed by atoms with van der Waals surface area (Å²) in [6.07, 6.45) is 0. The van der Waals surface area contributed by atoms with Gasteiger partial charge in [-0.25, -0.2) is 0 Å². The van der Waals surface area contributed by atoms with E-state index in [1.165, 1.54) is 123 Å². The SMILES string of the molecule is c1ccc(N2c3ccccc3C3(c4ccccc4-c4ccc(N(c5ccc6c(c5)C(c5ccccc5)(c5ccccc5)c5ccccc5-6)c5ccc6c(c5)C5(c7ccccc7-c7ccccc75)c5ccccc5-6)cc43)c3ccccc32)cc1. The Morgan fingerprint density at radius 1 is 0.205 bits per heavy atom. The van der Waals surface area contributed by atoms with Gasteiger partial charge in [0.2, 0.25) is 0 Å². The van der Waals surface area contributed by atoms with E-state index in [1.807, 2.05) is 0 Å². The molecule has 0 bridgehead atoms. The molecule has 13 aromatic rings. The molecule has 5 aliphatic rings. The zero-order valence-corrected chi connectivity index (χ0v) is 45.4. The van der Waals surface area contributed by atoms with E-state index in [2.05, 4.69) is 325 Å². The van der Waals surface area contributed by atoms with Crippen molar-refractivity contribution in [1.82, 2.24) is 0 Å². The fourth-order valence-corrected chi connectivity index (χ4v) is 16.3. The summed E-state index contributed by atoms with van der Waals surface area (Å²) in [5, 5.41) is 0. The van der Waals surface area contributed by atoms with Gasteiger partial charge in [-0.15, -0.1) is 0 Å². The highest BCUT2D eigenvalue weighted by atomic mass is 15.2. The summed E-state index contributed by atoms with van der Waals surface area (Å²) < 4.78 is 0. The lowest BCUT2D eigenvalue weighted by Gasteiger charge is -2.45. The van der Waals surface area contributed by atoms with Crippen LogP contribution < -0.4 is 9.80 Å². The zero-order valence-electron chi connectivity index (χ0n) is 45.4. The molecule has 4 aliphatic carbocycles. The second-order valence-electron chi connectivity index (χ2n) is 22.9. The molecule has 0 fully saturated rings. The Morgan fingerprint density at radius 3 is 0.843 bits per heavy atom. The van der Waals surface area contributed by atoms with Crippen LogP contribution in [0.15, 0.2) is 315 Å². The lowest BCUT2D eigenvalue weighted by Crippen LogP contribution is -2.36. The predicted molar refractivity (Wildman–Crippen MR) is 340 cm³/mol. The van der Waals surface area contributed by atoms with Crippen LogP contribution in [0.4, 0.5) is 34.1 Å². The number of para-hydroxylation sites is 3. The van der Waals surface area contributed by atoms with Crippen molar-refractivity contribution in [2.75, 3.05) is 9.80 Å². The minimum absolute atomic E-state index is 0.528. The summed E-state index contributed by atoms with van der Waals surface area (Å²) in [5.74, 6) is 0. The third-order valence-electron chi connectivity index (χ3n) is 19.3. The summed E-state index contributed by atoms with van der Waals surface area (Å²) in [5.41, 5.74) is 30.6. The molecule has 0 aromatic heterocycles. The molecule has 83 heavy (non-hydrogen) atoms. The van der Waals surface area contributed by atoms with E-state index in [9.17, 15) is 0 Å². The zero-order chi connectivity index (χ0) is 54.4. The van der Waals surface area contributed by atoms with E-state index < -0.39 is 16.2 Å². The van der Waals surface area contributed by atoms with Crippen LogP contribution >= 0.6 is 0 Å². The Bertz CT molecular complexity index is 4570. The molecule has 386 valence electrons.